The van der Waals surface area contributed by atoms with Gasteiger partial charge < -0.3 is 4.42 Å². The number of nitrogens with zero attached hydrogens (tertiary/aromatic N) is 3. The number of para-hydroxylation sites is 2. The molecule has 39 heavy (non-hydrogen) atoms. The Labute approximate surface area is 232 Å². The van der Waals surface area contributed by atoms with Gasteiger partial charge in [0.2, 0.25) is 11.0 Å². The molecule has 186 valence electrons. The molecule has 3 aromatic heterocycles. The third kappa shape index (κ3) is 2.71. The predicted molar refractivity (Wildman–Crippen MR) is 161 cm³/mol. The van der Waals surface area contributed by atoms with Crippen molar-refractivity contribution in [2.24, 2.45) is 0 Å². The second-order valence-corrected chi connectivity index (χ2v) is 12.0. The van der Waals surface area contributed by atoms with Gasteiger partial charge >= 0.3 is 0 Å². The van der Waals surface area contributed by atoms with Crippen LogP contribution < -0.4 is 0 Å². The molecule has 2 atom stereocenters. The molecule has 0 saturated carbocycles. The maximum atomic E-state index is 6.58. The molecule has 7 aromatic rings. The quantitative estimate of drug-likeness (QED) is 0.194. The fourth-order valence-corrected chi connectivity index (χ4v) is 8.48. The highest BCUT2D eigenvalue weighted by atomic mass is 35.5. The molecular weight excluding hydrogens is 522 g/mol. The highest BCUT2D eigenvalue weighted by molar-refractivity contribution is 8.00. The molecule has 0 fully saturated rings. The average molecular weight is 542 g/mol. The van der Waals surface area contributed by atoms with E-state index in [1.807, 2.05) is 30.0 Å². The van der Waals surface area contributed by atoms with Crippen LogP contribution in [0.2, 0.25) is 5.28 Å². The van der Waals surface area contributed by atoms with Gasteiger partial charge in [-0.25, -0.2) is 0 Å². The van der Waals surface area contributed by atoms with Crippen molar-refractivity contribution in [2.75, 3.05) is 0 Å². The van der Waals surface area contributed by atoms with Crippen LogP contribution in [0.3, 0.4) is 0 Å². The van der Waals surface area contributed by atoms with Gasteiger partial charge in [-0.3, -0.25) is 4.57 Å². The lowest BCUT2D eigenvalue weighted by Crippen LogP contribution is -2.28. The summed E-state index contributed by atoms with van der Waals surface area (Å²) in [5.41, 5.74) is 4.73. The molecule has 2 aliphatic rings. The first-order valence-electron chi connectivity index (χ1n) is 13.0. The van der Waals surface area contributed by atoms with Crippen molar-refractivity contribution in [2.45, 2.75) is 22.5 Å². The highest BCUT2D eigenvalue weighted by Crippen LogP contribution is 2.58. The molecule has 1 aliphatic heterocycles. The van der Waals surface area contributed by atoms with Crippen molar-refractivity contribution in [3.05, 3.63) is 108 Å². The molecule has 0 bridgehead atoms. The van der Waals surface area contributed by atoms with E-state index in [0.717, 1.165) is 33.2 Å². The number of fused-ring (bicyclic) bond motifs is 13. The number of halogens is 1. The normalized spacial score (nSPS) is 20.1. The summed E-state index contributed by atoms with van der Waals surface area (Å²) in [7, 11) is 0. The molecule has 4 heterocycles. The van der Waals surface area contributed by atoms with Crippen LogP contribution in [0.15, 0.2) is 106 Å². The van der Waals surface area contributed by atoms with E-state index >= 15 is 0 Å². The fourth-order valence-electron chi connectivity index (χ4n) is 6.71. The van der Waals surface area contributed by atoms with E-state index in [2.05, 4.69) is 95.4 Å². The number of aromatic nitrogens is 3. The van der Waals surface area contributed by atoms with Crippen LogP contribution >= 0.6 is 23.4 Å². The van der Waals surface area contributed by atoms with Crippen LogP contribution in [-0.4, -0.2) is 19.8 Å². The minimum atomic E-state index is -0.132. The lowest BCUT2D eigenvalue weighted by Gasteiger charge is -2.29. The van der Waals surface area contributed by atoms with Gasteiger partial charge in [0.05, 0.1) is 16.4 Å². The van der Waals surface area contributed by atoms with Gasteiger partial charge in [0.1, 0.15) is 5.58 Å². The van der Waals surface area contributed by atoms with Crippen molar-refractivity contribution in [3.63, 3.8) is 0 Å². The van der Waals surface area contributed by atoms with Crippen LogP contribution in [0.4, 0.5) is 0 Å². The Bertz CT molecular complexity index is 2260. The third-order valence-electron chi connectivity index (χ3n) is 8.40. The minimum absolute atomic E-state index is 0.132. The monoisotopic (exact) mass is 541 g/mol. The second-order valence-electron chi connectivity index (χ2n) is 10.5. The summed E-state index contributed by atoms with van der Waals surface area (Å²) in [5.74, 6) is 0.734. The molecule has 0 N–H and O–H groups in total. The van der Waals surface area contributed by atoms with Gasteiger partial charge in [-0.05, 0) is 34.7 Å². The number of hydrogen-bond donors (Lipinski definition) is 0. The Hall–Kier alpha value is -4.06. The Morgan fingerprint density at radius 3 is 2.46 bits per heavy atom. The molecule has 0 amide bonds. The summed E-state index contributed by atoms with van der Waals surface area (Å²) < 4.78 is 8.46. The van der Waals surface area contributed by atoms with Crippen LogP contribution in [-0.2, 0) is 5.41 Å². The molecule has 2 unspecified atom stereocenters. The maximum Gasteiger partial charge on any atom is 0.233 e. The van der Waals surface area contributed by atoms with Gasteiger partial charge in [-0.2, -0.15) is 9.97 Å². The average Bonchev–Trinajstić information content (AvgIpc) is 3.60. The van der Waals surface area contributed by atoms with Crippen molar-refractivity contribution in [1.29, 1.82) is 0 Å². The number of benzene rings is 4. The van der Waals surface area contributed by atoms with Crippen molar-refractivity contribution >= 4 is 78.0 Å². The van der Waals surface area contributed by atoms with Crippen molar-refractivity contribution in [1.82, 2.24) is 14.5 Å². The Morgan fingerprint density at radius 1 is 0.846 bits per heavy atom. The first-order chi connectivity index (χ1) is 19.1. The van der Waals surface area contributed by atoms with Crippen LogP contribution in [0.5, 0.6) is 0 Å². The van der Waals surface area contributed by atoms with Gasteiger partial charge in [0.15, 0.2) is 5.82 Å². The summed E-state index contributed by atoms with van der Waals surface area (Å²) in [5, 5.41) is 7.27. The summed E-state index contributed by atoms with van der Waals surface area (Å²) in [6.45, 7) is 2.38. The van der Waals surface area contributed by atoms with Gasteiger partial charge in [0, 0.05) is 37.1 Å². The van der Waals surface area contributed by atoms with E-state index in [-0.39, 0.29) is 10.7 Å². The SMILES string of the molecule is CC12C=CC=CC1Sc1c2c2c3ccccc3n(-c3nc(Cl)nc4oc5ccccc5c34)c2c2ccccc12. The van der Waals surface area contributed by atoms with Gasteiger partial charge in [0.25, 0.3) is 0 Å². The van der Waals surface area contributed by atoms with Gasteiger partial charge in [-0.1, -0.05) is 91.9 Å². The summed E-state index contributed by atoms with van der Waals surface area (Å²) in [6.07, 6.45) is 9.09. The first-order valence-corrected chi connectivity index (χ1v) is 14.3. The fraction of sp³-hybridized carbons (Fsp3) is 0.0909. The minimum Gasteiger partial charge on any atom is -0.437 e. The van der Waals surface area contributed by atoms with Crippen molar-refractivity contribution in [3.8, 4) is 5.82 Å². The molecule has 1 aliphatic carbocycles. The van der Waals surface area contributed by atoms with Crippen LogP contribution in [0.1, 0.15) is 12.5 Å². The molecule has 0 spiro atoms. The van der Waals surface area contributed by atoms with E-state index in [1.54, 1.807) is 0 Å². The first kappa shape index (κ1) is 21.8. The summed E-state index contributed by atoms with van der Waals surface area (Å²) in [4.78, 5) is 10.7. The zero-order valence-electron chi connectivity index (χ0n) is 20.9. The van der Waals surface area contributed by atoms with E-state index in [1.165, 1.54) is 32.0 Å². The molecule has 0 saturated heterocycles. The van der Waals surface area contributed by atoms with Crippen LogP contribution in [0.25, 0.3) is 60.5 Å². The van der Waals surface area contributed by atoms with E-state index < -0.39 is 0 Å². The molecule has 9 rings (SSSR count). The van der Waals surface area contributed by atoms with E-state index in [0.29, 0.717) is 11.0 Å². The van der Waals surface area contributed by atoms with Crippen LogP contribution in [0, 0.1) is 0 Å². The molecule has 4 nitrogen and oxygen atoms in total. The number of allylic oxidation sites excluding steroid dienone is 3. The Balaban J connectivity index is 1.57. The van der Waals surface area contributed by atoms with Crippen molar-refractivity contribution < 1.29 is 4.42 Å². The largest absolute Gasteiger partial charge is 0.437 e. The zero-order valence-corrected chi connectivity index (χ0v) is 22.4. The Morgan fingerprint density at radius 2 is 1.59 bits per heavy atom. The standard InChI is InChI=1S/C33H20ClN3OS/c1-33-17-9-8-16-24(33)39-29-19-11-3-2-10-18(19)28-25(27(29)33)20-12-4-6-14-22(20)37(28)30-26-21-13-5-7-15-23(21)38-31(26)36-32(34)35-30/h2-17,24H,1H3. The second kappa shape index (κ2) is 7.53. The zero-order chi connectivity index (χ0) is 25.9. The van der Waals surface area contributed by atoms with E-state index in [9.17, 15) is 0 Å². The lowest BCUT2D eigenvalue weighted by atomic mass is 9.75. The number of thioether (sulfide) groups is 1. The molecule has 4 aromatic carbocycles. The molecule has 6 heteroatoms. The molecular formula is C33H20ClN3OS. The van der Waals surface area contributed by atoms with Gasteiger partial charge in [-0.15, -0.1) is 11.8 Å². The number of furan rings is 1. The number of rotatable bonds is 1. The highest BCUT2D eigenvalue weighted by Gasteiger charge is 2.45. The Kier molecular flexibility index (Phi) is 4.21. The predicted octanol–water partition coefficient (Wildman–Crippen LogP) is 9.14. The summed E-state index contributed by atoms with van der Waals surface area (Å²) in [6, 6.07) is 25.4. The molecule has 0 radical (unpaired) electrons. The topological polar surface area (TPSA) is 43.9 Å². The lowest BCUT2D eigenvalue weighted by molar-refractivity contribution is 0.627. The number of hydrogen-bond acceptors (Lipinski definition) is 4. The summed E-state index contributed by atoms with van der Waals surface area (Å²) >= 11 is 8.56. The maximum absolute atomic E-state index is 6.58. The van der Waals surface area contributed by atoms with E-state index in [4.69, 9.17) is 21.0 Å². The third-order valence-corrected chi connectivity index (χ3v) is 10.1. The smallest absolute Gasteiger partial charge is 0.233 e.